The Kier molecular flexibility index (Phi) is 6.63. The molecule has 1 saturated carbocycles. The summed E-state index contributed by atoms with van der Waals surface area (Å²) in [4.78, 5) is 29.8. The molecule has 3 N–H and O–H groups in total. The largest absolute Gasteiger partial charge is 0.342 e. The van der Waals surface area contributed by atoms with E-state index in [9.17, 15) is 14.0 Å². The van der Waals surface area contributed by atoms with E-state index in [4.69, 9.17) is 5.26 Å². The molecular weight excluding hydrogens is 435 g/mol. The Morgan fingerprint density at radius 1 is 1.03 bits per heavy atom. The van der Waals surface area contributed by atoms with Crippen LogP contribution in [0.1, 0.15) is 43.2 Å². The van der Waals surface area contributed by atoms with Crippen molar-refractivity contribution in [2.75, 3.05) is 26.2 Å². The van der Waals surface area contributed by atoms with Crippen LogP contribution in [-0.4, -0.2) is 59.9 Å². The summed E-state index contributed by atoms with van der Waals surface area (Å²) in [6.07, 6.45) is 7.44. The highest BCUT2D eigenvalue weighted by molar-refractivity contribution is 5.91. The van der Waals surface area contributed by atoms with Gasteiger partial charge >= 0.3 is 0 Å². The molecule has 0 spiro atoms. The van der Waals surface area contributed by atoms with Crippen molar-refractivity contribution in [1.29, 1.82) is 5.26 Å². The van der Waals surface area contributed by atoms with Crippen molar-refractivity contribution in [3.8, 4) is 6.07 Å². The molecule has 1 aliphatic carbocycles. The number of fused-ring (bicyclic) bond motifs is 2. The van der Waals surface area contributed by atoms with E-state index in [1.54, 1.807) is 0 Å². The average Bonchev–Trinajstić information content (AvgIpc) is 3.44. The fraction of sp³-hybridized carbons (Fsp3) is 0.560. The zero-order valence-corrected chi connectivity index (χ0v) is 19.2. The van der Waals surface area contributed by atoms with Crippen molar-refractivity contribution >= 4 is 17.9 Å². The molecule has 180 valence electrons. The van der Waals surface area contributed by atoms with Crippen LogP contribution in [0.25, 0.3) is 6.08 Å². The first-order valence-corrected chi connectivity index (χ1v) is 12.2. The Morgan fingerprint density at radius 3 is 2.47 bits per heavy atom. The van der Waals surface area contributed by atoms with Crippen LogP contribution in [-0.2, 0) is 9.59 Å². The highest BCUT2D eigenvalue weighted by Crippen LogP contribution is 2.35. The van der Waals surface area contributed by atoms with Gasteiger partial charge in [-0.05, 0) is 62.1 Å². The van der Waals surface area contributed by atoms with Crippen molar-refractivity contribution in [2.45, 2.75) is 44.2 Å². The molecule has 4 aliphatic rings. The van der Waals surface area contributed by atoms with Gasteiger partial charge in [-0.2, -0.15) is 10.8 Å². The van der Waals surface area contributed by atoms with Crippen LogP contribution in [0.5, 0.6) is 0 Å². The van der Waals surface area contributed by atoms with E-state index in [1.165, 1.54) is 30.4 Å². The third kappa shape index (κ3) is 4.71. The molecule has 8 nitrogen and oxygen atoms in total. The van der Waals surface area contributed by atoms with Crippen LogP contribution in [0.4, 0.5) is 4.39 Å². The number of rotatable bonds is 3. The van der Waals surface area contributed by atoms with Gasteiger partial charge in [0.2, 0.25) is 11.8 Å². The Morgan fingerprint density at radius 2 is 1.76 bits per heavy atom. The summed E-state index contributed by atoms with van der Waals surface area (Å²) in [6, 6.07) is 6.84. The molecule has 5 atom stereocenters. The lowest BCUT2D eigenvalue weighted by Crippen LogP contribution is -2.45. The SMILES string of the molecule is N#Cc1ccc(/C=C/C(=O)N2CC[C@@H]3CN(C(=O)C4CCC5NNNC5C4)C[C@@H]3CC2)c(F)c1. The van der Waals surface area contributed by atoms with Crippen molar-refractivity contribution in [1.82, 2.24) is 26.2 Å². The standard InChI is InChI=1S/C25H31FN6O2/c26-21-11-16(13-27)1-2-17(21)4-6-24(33)31-9-7-19-14-32(15-20(19)8-10-31)25(34)18-3-5-22-23(12-18)29-30-28-22/h1-2,4,6,11,18-20,22-23,28-30H,3,5,7-10,12,14-15H2/b6-4+/t18?,19-,20+,22?,23?. The van der Waals surface area contributed by atoms with Gasteiger partial charge < -0.3 is 9.80 Å². The summed E-state index contributed by atoms with van der Waals surface area (Å²) >= 11 is 0. The molecule has 0 bridgehead atoms. The molecule has 4 fully saturated rings. The van der Waals surface area contributed by atoms with Gasteiger partial charge in [0, 0.05) is 55.8 Å². The van der Waals surface area contributed by atoms with E-state index < -0.39 is 5.82 Å². The van der Waals surface area contributed by atoms with Gasteiger partial charge in [-0.1, -0.05) is 6.07 Å². The van der Waals surface area contributed by atoms with E-state index in [2.05, 4.69) is 21.3 Å². The van der Waals surface area contributed by atoms with Gasteiger partial charge in [0.05, 0.1) is 11.6 Å². The summed E-state index contributed by atoms with van der Waals surface area (Å²) in [7, 11) is 0. The minimum Gasteiger partial charge on any atom is -0.342 e. The summed E-state index contributed by atoms with van der Waals surface area (Å²) in [6.45, 7) is 2.87. The van der Waals surface area contributed by atoms with Crippen molar-refractivity contribution < 1.29 is 14.0 Å². The van der Waals surface area contributed by atoms with Crippen LogP contribution >= 0.6 is 0 Å². The molecule has 9 heteroatoms. The second-order valence-corrected chi connectivity index (χ2v) is 9.98. The summed E-state index contributed by atoms with van der Waals surface area (Å²) < 4.78 is 14.1. The molecule has 2 amide bonds. The van der Waals surface area contributed by atoms with Gasteiger partial charge in [0.15, 0.2) is 0 Å². The molecule has 1 aromatic rings. The lowest BCUT2D eigenvalue weighted by atomic mass is 9.82. The Bertz CT molecular complexity index is 1010. The molecule has 3 saturated heterocycles. The number of benzene rings is 1. The molecule has 1 aromatic carbocycles. The van der Waals surface area contributed by atoms with Crippen molar-refractivity contribution in [3.63, 3.8) is 0 Å². The number of nitriles is 1. The zero-order valence-electron chi connectivity index (χ0n) is 19.2. The summed E-state index contributed by atoms with van der Waals surface area (Å²) in [5.41, 5.74) is 9.98. The molecule has 0 radical (unpaired) electrons. The maximum absolute atomic E-state index is 14.1. The van der Waals surface area contributed by atoms with E-state index in [1.807, 2.05) is 11.0 Å². The van der Waals surface area contributed by atoms with Crippen LogP contribution in [0.3, 0.4) is 0 Å². The normalized spacial score (nSPS) is 31.1. The predicted octanol–water partition coefficient (Wildman–Crippen LogP) is 1.56. The molecular formula is C25H31FN6O2. The van der Waals surface area contributed by atoms with Crippen LogP contribution in [0.15, 0.2) is 24.3 Å². The van der Waals surface area contributed by atoms with E-state index in [-0.39, 0.29) is 17.4 Å². The van der Waals surface area contributed by atoms with Gasteiger partial charge in [0.25, 0.3) is 0 Å². The molecule has 0 aromatic heterocycles. The third-order valence-electron chi connectivity index (χ3n) is 7.99. The van der Waals surface area contributed by atoms with Crippen LogP contribution in [0, 0.1) is 34.9 Å². The topological polar surface area (TPSA) is 100 Å². The van der Waals surface area contributed by atoms with E-state index in [0.29, 0.717) is 48.5 Å². The van der Waals surface area contributed by atoms with Crippen LogP contribution in [0.2, 0.25) is 0 Å². The molecule has 34 heavy (non-hydrogen) atoms. The smallest absolute Gasteiger partial charge is 0.246 e. The van der Waals surface area contributed by atoms with Gasteiger partial charge in [-0.15, -0.1) is 0 Å². The molecule has 5 rings (SSSR count). The number of hydrazine groups is 2. The number of nitrogens with zero attached hydrogens (tertiary/aromatic N) is 3. The highest BCUT2D eigenvalue weighted by atomic mass is 19.1. The monoisotopic (exact) mass is 466 g/mol. The fourth-order valence-electron chi connectivity index (χ4n) is 5.96. The number of likely N-dealkylation sites (tertiary alicyclic amines) is 2. The first-order chi connectivity index (χ1) is 16.5. The van der Waals surface area contributed by atoms with Gasteiger partial charge in [-0.25, -0.2) is 15.2 Å². The van der Waals surface area contributed by atoms with Crippen LogP contribution < -0.4 is 16.4 Å². The molecule has 3 heterocycles. The average molecular weight is 467 g/mol. The van der Waals surface area contributed by atoms with E-state index in [0.717, 1.165) is 45.2 Å². The second kappa shape index (κ2) is 9.82. The quantitative estimate of drug-likeness (QED) is 0.585. The number of hydrogen-bond donors (Lipinski definition) is 3. The first-order valence-electron chi connectivity index (χ1n) is 12.2. The number of carbonyl (C=O) groups is 2. The Hall–Kier alpha value is -2.80. The van der Waals surface area contributed by atoms with Crippen molar-refractivity contribution in [2.24, 2.45) is 17.8 Å². The lowest BCUT2D eigenvalue weighted by molar-refractivity contribution is -0.136. The number of nitrogens with one attached hydrogen (secondary N) is 3. The first kappa shape index (κ1) is 23.0. The summed E-state index contributed by atoms with van der Waals surface area (Å²) in [5.74, 6) is 0.587. The minimum absolute atomic E-state index is 0.0867. The Balaban J connectivity index is 1.13. The number of carbonyl (C=O) groups excluding carboxylic acids is 2. The maximum Gasteiger partial charge on any atom is 0.246 e. The number of halogens is 1. The van der Waals surface area contributed by atoms with Gasteiger partial charge in [0.1, 0.15) is 5.82 Å². The highest BCUT2D eigenvalue weighted by Gasteiger charge is 2.42. The maximum atomic E-state index is 14.1. The second-order valence-electron chi connectivity index (χ2n) is 9.98. The molecule has 3 aliphatic heterocycles. The number of amides is 2. The van der Waals surface area contributed by atoms with E-state index >= 15 is 0 Å². The fourth-order valence-corrected chi connectivity index (χ4v) is 5.96. The van der Waals surface area contributed by atoms with Gasteiger partial charge in [-0.3, -0.25) is 9.59 Å². The molecule has 3 unspecified atom stereocenters. The number of hydrogen-bond acceptors (Lipinski definition) is 6. The Labute approximate surface area is 199 Å². The predicted molar refractivity (Wildman–Crippen MR) is 124 cm³/mol. The summed E-state index contributed by atoms with van der Waals surface area (Å²) in [5, 5.41) is 8.86. The third-order valence-corrected chi connectivity index (χ3v) is 7.99. The van der Waals surface area contributed by atoms with Crippen molar-refractivity contribution in [3.05, 3.63) is 41.2 Å². The zero-order chi connectivity index (χ0) is 23.7. The lowest BCUT2D eigenvalue weighted by Gasteiger charge is -2.32. The minimum atomic E-state index is -0.511.